The van der Waals surface area contributed by atoms with Crippen LogP contribution in [0.4, 0.5) is 0 Å². The summed E-state index contributed by atoms with van der Waals surface area (Å²) in [5.41, 5.74) is 1.08. The zero-order valence-corrected chi connectivity index (χ0v) is 12.2. The smallest absolute Gasteiger partial charge is 0.309 e. The van der Waals surface area contributed by atoms with E-state index in [0.717, 1.165) is 24.8 Å². The predicted octanol–water partition coefficient (Wildman–Crippen LogP) is 3.84. The Bertz CT molecular complexity index is 424. The van der Waals surface area contributed by atoms with Gasteiger partial charge in [0.25, 0.3) is 0 Å². The summed E-state index contributed by atoms with van der Waals surface area (Å²) in [5.74, 6) is 0.186. The number of rotatable bonds is 7. The number of cyclic esters (lactones) is 1. The van der Waals surface area contributed by atoms with Gasteiger partial charge in [-0.2, -0.15) is 0 Å². The summed E-state index contributed by atoms with van der Waals surface area (Å²) < 4.78 is 5.46. The Labute approximate surface area is 121 Å². The maximum absolute atomic E-state index is 11.9. The van der Waals surface area contributed by atoms with Crippen LogP contribution in [0.5, 0.6) is 5.75 Å². The zero-order chi connectivity index (χ0) is 14.4. The van der Waals surface area contributed by atoms with Crippen molar-refractivity contribution in [2.75, 3.05) is 0 Å². The van der Waals surface area contributed by atoms with E-state index >= 15 is 0 Å². The monoisotopic (exact) mass is 276 g/mol. The van der Waals surface area contributed by atoms with Crippen molar-refractivity contribution in [2.45, 2.75) is 58.0 Å². The Morgan fingerprint density at radius 2 is 1.95 bits per heavy atom. The van der Waals surface area contributed by atoms with E-state index in [1.165, 1.54) is 19.3 Å². The molecule has 1 aliphatic heterocycles. The van der Waals surface area contributed by atoms with E-state index in [4.69, 9.17) is 4.74 Å². The molecule has 2 rings (SSSR count). The molecule has 1 fully saturated rings. The molecule has 2 atom stereocenters. The third-order valence-corrected chi connectivity index (χ3v) is 3.96. The van der Waals surface area contributed by atoms with Crippen molar-refractivity contribution in [2.24, 2.45) is 5.92 Å². The van der Waals surface area contributed by atoms with Crippen LogP contribution in [0.3, 0.4) is 0 Å². The number of hydrogen-bond donors (Lipinski definition) is 1. The topological polar surface area (TPSA) is 46.5 Å². The highest BCUT2D eigenvalue weighted by Gasteiger charge is 2.33. The number of ether oxygens (including phenoxy) is 1. The first-order valence-corrected chi connectivity index (χ1v) is 7.67. The van der Waals surface area contributed by atoms with Crippen LogP contribution >= 0.6 is 0 Å². The molecule has 0 bridgehead atoms. The number of phenolic OH excluding ortho intramolecular Hbond substituents is 1. The number of carbonyl (C=O) groups excluding carboxylic acids is 1. The summed E-state index contributed by atoms with van der Waals surface area (Å²) in [6.45, 7) is 2.20. The van der Waals surface area contributed by atoms with Crippen molar-refractivity contribution in [1.82, 2.24) is 0 Å². The van der Waals surface area contributed by atoms with Gasteiger partial charge >= 0.3 is 5.97 Å². The summed E-state index contributed by atoms with van der Waals surface area (Å²) in [6, 6.07) is 7.07. The van der Waals surface area contributed by atoms with Crippen LogP contribution in [0.2, 0.25) is 0 Å². The van der Waals surface area contributed by atoms with Crippen molar-refractivity contribution in [3.63, 3.8) is 0 Å². The molecule has 3 heteroatoms. The van der Waals surface area contributed by atoms with Gasteiger partial charge in [-0.15, -0.1) is 0 Å². The van der Waals surface area contributed by atoms with E-state index in [2.05, 4.69) is 6.92 Å². The van der Waals surface area contributed by atoms with Crippen molar-refractivity contribution in [1.29, 1.82) is 0 Å². The first kappa shape index (κ1) is 14.9. The summed E-state index contributed by atoms with van der Waals surface area (Å²) in [5, 5.41) is 9.26. The van der Waals surface area contributed by atoms with Crippen LogP contribution in [-0.4, -0.2) is 17.2 Å². The quantitative estimate of drug-likeness (QED) is 0.608. The maximum Gasteiger partial charge on any atom is 0.309 e. The summed E-state index contributed by atoms with van der Waals surface area (Å²) >= 11 is 0. The molecule has 1 aromatic rings. The lowest BCUT2D eigenvalue weighted by Gasteiger charge is -2.08. The molecule has 1 N–H and O–H groups in total. The summed E-state index contributed by atoms with van der Waals surface area (Å²) in [7, 11) is 0. The van der Waals surface area contributed by atoms with Gasteiger partial charge in [-0.1, -0.05) is 38.3 Å². The molecule has 0 spiro atoms. The minimum Gasteiger partial charge on any atom is -0.508 e. The van der Waals surface area contributed by atoms with E-state index in [9.17, 15) is 9.90 Å². The van der Waals surface area contributed by atoms with Gasteiger partial charge < -0.3 is 9.84 Å². The fraction of sp³-hybridized carbons (Fsp3) is 0.588. The second kappa shape index (κ2) is 7.32. The van der Waals surface area contributed by atoms with E-state index in [0.29, 0.717) is 6.42 Å². The molecular weight excluding hydrogens is 252 g/mol. The van der Waals surface area contributed by atoms with Crippen LogP contribution in [0.15, 0.2) is 24.3 Å². The van der Waals surface area contributed by atoms with Crippen molar-refractivity contribution >= 4 is 5.97 Å². The molecule has 1 saturated heterocycles. The highest BCUT2D eigenvalue weighted by Crippen LogP contribution is 2.28. The number of esters is 1. The van der Waals surface area contributed by atoms with Gasteiger partial charge in [-0.05, 0) is 43.4 Å². The Morgan fingerprint density at radius 1 is 1.20 bits per heavy atom. The van der Waals surface area contributed by atoms with Gasteiger partial charge in [0.15, 0.2) is 0 Å². The van der Waals surface area contributed by atoms with Gasteiger partial charge in [-0.25, -0.2) is 0 Å². The zero-order valence-electron chi connectivity index (χ0n) is 12.2. The normalized spacial score (nSPS) is 21.9. The Morgan fingerprint density at radius 3 is 2.65 bits per heavy atom. The maximum atomic E-state index is 11.9. The largest absolute Gasteiger partial charge is 0.508 e. The van der Waals surface area contributed by atoms with E-state index in [1.54, 1.807) is 12.1 Å². The second-order valence-electron chi connectivity index (χ2n) is 5.71. The van der Waals surface area contributed by atoms with Gasteiger partial charge in [0.1, 0.15) is 11.9 Å². The average Bonchev–Trinajstić information content (AvgIpc) is 2.78. The molecular formula is C17H24O3. The lowest BCUT2D eigenvalue weighted by molar-refractivity contribution is -0.144. The SMILES string of the molecule is CCCCCC[C@@H]1C[C@H](Cc2ccc(O)cc2)C(=O)O1. The fourth-order valence-electron chi connectivity index (χ4n) is 2.78. The molecule has 0 aromatic heterocycles. The van der Waals surface area contributed by atoms with E-state index in [1.807, 2.05) is 12.1 Å². The lowest BCUT2D eigenvalue weighted by atomic mass is 9.94. The Kier molecular flexibility index (Phi) is 5.45. The molecule has 110 valence electrons. The van der Waals surface area contributed by atoms with Gasteiger partial charge in [0.2, 0.25) is 0 Å². The number of hydrogen-bond acceptors (Lipinski definition) is 3. The molecule has 0 amide bonds. The van der Waals surface area contributed by atoms with Gasteiger partial charge in [-0.3, -0.25) is 4.79 Å². The molecule has 3 nitrogen and oxygen atoms in total. The third kappa shape index (κ3) is 4.26. The first-order chi connectivity index (χ1) is 9.69. The predicted molar refractivity (Wildman–Crippen MR) is 78.6 cm³/mol. The highest BCUT2D eigenvalue weighted by molar-refractivity contribution is 5.75. The standard InChI is InChI=1S/C17H24O3/c1-2-3-4-5-6-16-12-14(17(19)20-16)11-13-7-9-15(18)10-8-13/h7-10,14,16,18H,2-6,11-12H2,1H3/t14-,16+/m0/s1. The molecule has 1 aromatic carbocycles. The van der Waals surface area contributed by atoms with Crippen LogP contribution in [0, 0.1) is 5.92 Å². The number of carbonyl (C=O) groups is 1. The number of benzene rings is 1. The fourth-order valence-corrected chi connectivity index (χ4v) is 2.78. The molecule has 0 radical (unpaired) electrons. The van der Waals surface area contributed by atoms with Crippen LogP contribution < -0.4 is 0 Å². The van der Waals surface area contributed by atoms with E-state index < -0.39 is 0 Å². The Hall–Kier alpha value is -1.51. The minimum atomic E-state index is -0.0569. The molecule has 20 heavy (non-hydrogen) atoms. The molecule has 0 aliphatic carbocycles. The molecule has 0 saturated carbocycles. The van der Waals surface area contributed by atoms with Crippen LogP contribution in [0.1, 0.15) is 51.0 Å². The minimum absolute atomic E-state index is 0.0179. The molecule has 1 aliphatic rings. The van der Waals surface area contributed by atoms with E-state index in [-0.39, 0.29) is 23.7 Å². The van der Waals surface area contributed by atoms with Crippen molar-refractivity contribution < 1.29 is 14.6 Å². The number of unbranched alkanes of at least 4 members (excludes halogenated alkanes) is 3. The van der Waals surface area contributed by atoms with Crippen LogP contribution in [-0.2, 0) is 16.0 Å². The van der Waals surface area contributed by atoms with Crippen molar-refractivity contribution in [3.8, 4) is 5.75 Å². The Balaban J connectivity index is 1.78. The average molecular weight is 276 g/mol. The number of phenols is 1. The lowest BCUT2D eigenvalue weighted by Crippen LogP contribution is -2.10. The summed E-state index contributed by atoms with van der Waals surface area (Å²) in [6.07, 6.45) is 7.53. The first-order valence-electron chi connectivity index (χ1n) is 7.67. The van der Waals surface area contributed by atoms with Gasteiger partial charge in [0.05, 0.1) is 5.92 Å². The van der Waals surface area contributed by atoms with Crippen LogP contribution in [0.25, 0.3) is 0 Å². The van der Waals surface area contributed by atoms with Gasteiger partial charge in [0, 0.05) is 0 Å². The van der Waals surface area contributed by atoms with Crippen molar-refractivity contribution in [3.05, 3.63) is 29.8 Å². The second-order valence-corrected chi connectivity index (χ2v) is 5.71. The number of aromatic hydroxyl groups is 1. The summed E-state index contributed by atoms with van der Waals surface area (Å²) in [4.78, 5) is 11.9. The molecule has 1 heterocycles. The highest BCUT2D eigenvalue weighted by atomic mass is 16.5. The molecule has 0 unspecified atom stereocenters. The third-order valence-electron chi connectivity index (χ3n) is 3.96.